The van der Waals surface area contributed by atoms with Crippen molar-refractivity contribution in [2.24, 2.45) is 0 Å². The molecular weight excluding hydrogens is 428 g/mol. The number of aliphatic hydroxyl groups excluding tert-OH is 1. The van der Waals surface area contributed by atoms with Gasteiger partial charge in [-0.05, 0) is 24.3 Å². The van der Waals surface area contributed by atoms with Crippen molar-refractivity contribution in [2.45, 2.75) is 6.61 Å². The van der Waals surface area contributed by atoms with Crippen LogP contribution in [-0.2, 0) is 6.61 Å². The smallest absolute Gasteiger partial charge is 0.275 e. The molecule has 9 heteroatoms. The van der Waals surface area contributed by atoms with Gasteiger partial charge in [-0.2, -0.15) is 0 Å². The zero-order valence-corrected chi connectivity index (χ0v) is 17.4. The zero-order valence-electron chi connectivity index (χ0n) is 16.6. The summed E-state index contributed by atoms with van der Waals surface area (Å²) in [6.45, 7) is -0.430. The largest absolute Gasteiger partial charge is 0.391 e. The lowest BCUT2D eigenvalue weighted by Crippen LogP contribution is -1.97. The number of allylic oxidation sites excluding steroid dienone is 1. The molecule has 0 aliphatic heterocycles. The third-order valence-electron chi connectivity index (χ3n) is 5.27. The molecule has 0 spiro atoms. The first-order valence-corrected chi connectivity index (χ1v) is 10.6. The van der Waals surface area contributed by atoms with Gasteiger partial charge < -0.3 is 10.1 Å². The van der Waals surface area contributed by atoms with Gasteiger partial charge in [0.1, 0.15) is 0 Å². The minimum atomic E-state index is -0.524. The topological polar surface area (TPSA) is 114 Å². The summed E-state index contributed by atoms with van der Waals surface area (Å²) in [4.78, 5) is 32.2. The van der Waals surface area contributed by atoms with Crippen molar-refractivity contribution in [1.82, 2.24) is 14.4 Å². The summed E-state index contributed by atoms with van der Waals surface area (Å²) in [5.41, 5.74) is 3.19. The van der Waals surface area contributed by atoms with Crippen LogP contribution in [0, 0.1) is 10.1 Å². The SMILES string of the molecule is O=C(/C=C/c1c(-c2ccc(CO)c([N+](=O)[O-])c2)nc2sccn12)c1c[nH]c2ccccc12. The summed E-state index contributed by atoms with van der Waals surface area (Å²) in [6.07, 6.45) is 6.68. The fourth-order valence-corrected chi connectivity index (χ4v) is 4.43. The predicted octanol–water partition coefficient (Wildman–Crippen LogP) is 4.84. The van der Waals surface area contributed by atoms with E-state index in [9.17, 15) is 20.0 Å². The number of hydrogen-bond donors (Lipinski definition) is 2. The van der Waals surface area contributed by atoms with Gasteiger partial charge in [-0.3, -0.25) is 19.3 Å². The van der Waals surface area contributed by atoms with Crippen LogP contribution in [0.25, 0.3) is 33.2 Å². The Labute approximate surface area is 185 Å². The van der Waals surface area contributed by atoms with Gasteiger partial charge >= 0.3 is 0 Å². The molecule has 32 heavy (non-hydrogen) atoms. The Kier molecular flexibility index (Phi) is 4.89. The van der Waals surface area contributed by atoms with Crippen LogP contribution in [0.1, 0.15) is 21.6 Å². The Morgan fingerprint density at radius 1 is 1.28 bits per heavy atom. The first-order chi connectivity index (χ1) is 15.6. The minimum absolute atomic E-state index is 0.166. The van der Waals surface area contributed by atoms with Crippen LogP contribution in [-0.4, -0.2) is 30.2 Å². The summed E-state index contributed by atoms with van der Waals surface area (Å²) in [5.74, 6) is -0.166. The van der Waals surface area contributed by atoms with Crippen LogP contribution in [0.4, 0.5) is 5.69 Å². The average molecular weight is 444 g/mol. The molecule has 0 fully saturated rings. The number of aromatic nitrogens is 3. The molecule has 0 aliphatic rings. The van der Waals surface area contributed by atoms with E-state index in [4.69, 9.17) is 0 Å². The Hall–Kier alpha value is -4.08. The summed E-state index contributed by atoms with van der Waals surface area (Å²) in [7, 11) is 0. The Morgan fingerprint density at radius 3 is 2.94 bits per heavy atom. The summed E-state index contributed by atoms with van der Waals surface area (Å²) >= 11 is 1.42. The van der Waals surface area contributed by atoms with E-state index < -0.39 is 11.5 Å². The number of nitro groups is 1. The lowest BCUT2D eigenvalue weighted by atomic mass is 10.0. The zero-order chi connectivity index (χ0) is 22.2. The third-order valence-corrected chi connectivity index (χ3v) is 6.03. The van der Waals surface area contributed by atoms with E-state index in [0.29, 0.717) is 27.5 Å². The van der Waals surface area contributed by atoms with Gasteiger partial charge in [0.05, 0.1) is 28.5 Å². The molecule has 0 radical (unpaired) electrons. The van der Waals surface area contributed by atoms with Gasteiger partial charge in [-0.25, -0.2) is 4.98 Å². The molecule has 2 aromatic carbocycles. The van der Waals surface area contributed by atoms with Crippen molar-refractivity contribution in [1.29, 1.82) is 0 Å². The number of H-pyrrole nitrogens is 1. The fourth-order valence-electron chi connectivity index (χ4n) is 3.71. The summed E-state index contributed by atoms with van der Waals surface area (Å²) < 4.78 is 1.84. The first kappa shape index (κ1) is 19.9. The van der Waals surface area contributed by atoms with Gasteiger partial charge in [-0.15, -0.1) is 11.3 Å². The van der Waals surface area contributed by atoms with Crippen LogP contribution in [0.2, 0.25) is 0 Å². The molecule has 0 atom stereocenters. The number of ketones is 1. The van der Waals surface area contributed by atoms with Crippen molar-refractivity contribution in [3.8, 4) is 11.3 Å². The van der Waals surface area contributed by atoms with Crippen molar-refractivity contribution in [2.75, 3.05) is 0 Å². The number of hydrogen-bond acceptors (Lipinski definition) is 6. The van der Waals surface area contributed by atoms with Crippen molar-refractivity contribution in [3.05, 3.63) is 93.2 Å². The highest BCUT2D eigenvalue weighted by molar-refractivity contribution is 7.15. The number of thiazole rings is 1. The van der Waals surface area contributed by atoms with E-state index in [2.05, 4.69) is 9.97 Å². The van der Waals surface area contributed by atoms with E-state index in [1.807, 2.05) is 40.2 Å². The van der Waals surface area contributed by atoms with Crippen LogP contribution in [0.15, 0.2) is 66.3 Å². The monoisotopic (exact) mass is 444 g/mol. The number of benzene rings is 2. The fraction of sp³-hybridized carbons (Fsp3) is 0.0435. The molecule has 0 saturated carbocycles. The van der Waals surface area contributed by atoms with E-state index >= 15 is 0 Å². The number of rotatable bonds is 6. The van der Waals surface area contributed by atoms with Crippen LogP contribution in [0.3, 0.4) is 0 Å². The highest BCUT2D eigenvalue weighted by atomic mass is 32.1. The predicted molar refractivity (Wildman–Crippen MR) is 123 cm³/mol. The maximum Gasteiger partial charge on any atom is 0.275 e. The number of nitrogens with one attached hydrogen (secondary N) is 1. The lowest BCUT2D eigenvalue weighted by molar-refractivity contribution is -0.385. The number of nitrogens with zero attached hydrogens (tertiary/aromatic N) is 3. The summed E-state index contributed by atoms with van der Waals surface area (Å²) in [5, 5.41) is 23.6. The van der Waals surface area contributed by atoms with E-state index in [0.717, 1.165) is 10.9 Å². The molecule has 0 saturated heterocycles. The molecular formula is C23H16N4O4S. The molecule has 0 amide bonds. The van der Waals surface area contributed by atoms with Gasteiger partial charge in [0.15, 0.2) is 10.7 Å². The Morgan fingerprint density at radius 2 is 2.12 bits per heavy atom. The Bertz CT molecular complexity index is 1530. The highest BCUT2D eigenvalue weighted by Crippen LogP contribution is 2.32. The number of imidazole rings is 1. The molecule has 5 aromatic rings. The number of aliphatic hydroxyl groups is 1. The molecule has 3 aromatic heterocycles. The maximum atomic E-state index is 12.9. The summed E-state index contributed by atoms with van der Waals surface area (Å²) in [6, 6.07) is 12.2. The molecule has 158 valence electrons. The molecule has 8 nitrogen and oxygen atoms in total. The maximum absolute atomic E-state index is 12.9. The molecule has 0 bridgehead atoms. The first-order valence-electron chi connectivity index (χ1n) is 9.69. The number of para-hydroxylation sites is 1. The number of aromatic amines is 1. The quantitative estimate of drug-likeness (QED) is 0.168. The third kappa shape index (κ3) is 3.29. The van der Waals surface area contributed by atoms with Gasteiger partial charge in [0.25, 0.3) is 5.69 Å². The second kappa shape index (κ2) is 7.88. The molecule has 0 unspecified atom stereocenters. The van der Waals surface area contributed by atoms with Gasteiger partial charge in [-0.1, -0.05) is 24.3 Å². The van der Waals surface area contributed by atoms with E-state index in [1.165, 1.54) is 29.5 Å². The number of carbonyl (C=O) groups is 1. The second-order valence-electron chi connectivity index (χ2n) is 7.11. The number of nitro benzene ring substituents is 1. The van der Waals surface area contributed by atoms with Crippen LogP contribution < -0.4 is 0 Å². The Balaban J connectivity index is 1.59. The number of carbonyl (C=O) groups excluding carboxylic acids is 1. The normalized spacial score (nSPS) is 11.7. The van der Waals surface area contributed by atoms with Gasteiger partial charge in [0, 0.05) is 45.9 Å². The standard InChI is InChI=1S/C23H16N4O4S/c28-13-15-6-5-14(11-20(15)27(30)31)22-19(26-9-10-32-23(26)25-22)7-8-21(29)17-12-24-18-4-2-1-3-16(17)18/h1-12,24,28H,13H2/b8-7+. The molecule has 2 N–H and O–H groups in total. The molecule has 3 heterocycles. The van der Waals surface area contributed by atoms with E-state index in [1.54, 1.807) is 18.3 Å². The van der Waals surface area contributed by atoms with Crippen molar-refractivity contribution in [3.63, 3.8) is 0 Å². The lowest BCUT2D eigenvalue weighted by Gasteiger charge is -2.04. The van der Waals surface area contributed by atoms with Crippen molar-refractivity contribution >= 4 is 44.7 Å². The van der Waals surface area contributed by atoms with E-state index in [-0.39, 0.29) is 17.0 Å². The molecule has 5 rings (SSSR count). The van der Waals surface area contributed by atoms with Gasteiger partial charge in [0.2, 0.25) is 0 Å². The highest BCUT2D eigenvalue weighted by Gasteiger charge is 2.19. The van der Waals surface area contributed by atoms with Crippen LogP contribution >= 0.6 is 11.3 Å². The van der Waals surface area contributed by atoms with Crippen LogP contribution in [0.5, 0.6) is 0 Å². The second-order valence-corrected chi connectivity index (χ2v) is 7.98. The average Bonchev–Trinajstić information content (AvgIpc) is 3.51. The van der Waals surface area contributed by atoms with Crippen molar-refractivity contribution < 1.29 is 14.8 Å². The minimum Gasteiger partial charge on any atom is -0.391 e. The number of fused-ring (bicyclic) bond motifs is 2. The molecule has 0 aliphatic carbocycles.